The lowest BCUT2D eigenvalue weighted by Gasteiger charge is -2.03. The van der Waals surface area contributed by atoms with Gasteiger partial charge in [-0.25, -0.2) is 0 Å². The fraction of sp³-hybridized carbons (Fsp3) is 0.286. The normalized spacial score (nSPS) is 8.47. The van der Waals surface area contributed by atoms with Gasteiger partial charge in [0, 0.05) is 0 Å². The van der Waals surface area contributed by atoms with E-state index in [-0.39, 0.29) is 18.4 Å². The molecule has 2 N–H and O–H groups in total. The Morgan fingerprint density at radius 2 is 1.87 bits per heavy atom. The molecule has 7 nitrogen and oxygen atoms in total. The smallest absolute Gasteiger partial charge is 0.322 e. The predicted molar refractivity (Wildman–Crippen MR) is 45.5 cm³/mol. The van der Waals surface area contributed by atoms with E-state index in [2.05, 4.69) is 19.4 Å². The second-order valence-electron chi connectivity index (χ2n) is 1.96. The van der Waals surface area contributed by atoms with Crippen LogP contribution in [-0.4, -0.2) is 40.9 Å². The minimum absolute atomic E-state index is 0.147. The van der Waals surface area contributed by atoms with Gasteiger partial charge in [-0.05, 0) is 0 Å². The number of carboxylic acid groups (broad SMARTS) is 1. The van der Waals surface area contributed by atoms with Crippen molar-refractivity contribution in [3.05, 3.63) is 5.82 Å². The highest BCUT2D eigenvalue weighted by Gasteiger charge is 2.13. The molecular weight excluding hydrogens is 211 g/mol. The SMILES string of the molecule is COc1nc(O)c(F)c(OC)n1.O=CO. The molecule has 1 heterocycles. The van der Waals surface area contributed by atoms with E-state index in [0.717, 1.165) is 0 Å². The zero-order valence-corrected chi connectivity index (χ0v) is 7.97. The van der Waals surface area contributed by atoms with E-state index < -0.39 is 11.7 Å². The van der Waals surface area contributed by atoms with E-state index in [4.69, 9.17) is 15.0 Å². The Balaban J connectivity index is 0.000000583. The van der Waals surface area contributed by atoms with Gasteiger partial charge in [-0.1, -0.05) is 0 Å². The Labute approximate surface area is 84.1 Å². The predicted octanol–water partition coefficient (Wildman–Crippen LogP) is 0.0393. The molecule has 15 heavy (non-hydrogen) atoms. The molecule has 8 heteroatoms. The number of hydrogen-bond donors (Lipinski definition) is 2. The van der Waals surface area contributed by atoms with E-state index in [0.29, 0.717) is 0 Å². The lowest BCUT2D eigenvalue weighted by molar-refractivity contribution is -0.122. The third-order valence-corrected chi connectivity index (χ3v) is 1.16. The molecule has 0 aliphatic heterocycles. The van der Waals surface area contributed by atoms with Crippen LogP contribution in [0.1, 0.15) is 0 Å². The molecule has 0 fully saturated rings. The average Bonchev–Trinajstić information content (AvgIpc) is 2.23. The van der Waals surface area contributed by atoms with Gasteiger partial charge in [-0.3, -0.25) is 4.79 Å². The number of nitrogens with zero attached hydrogens (tertiary/aromatic N) is 2. The molecule has 0 radical (unpaired) electrons. The largest absolute Gasteiger partial charge is 0.491 e. The van der Waals surface area contributed by atoms with E-state index in [9.17, 15) is 4.39 Å². The molecule has 0 aromatic carbocycles. The van der Waals surface area contributed by atoms with Crippen LogP contribution < -0.4 is 9.47 Å². The zero-order valence-electron chi connectivity index (χ0n) is 7.97. The van der Waals surface area contributed by atoms with Crippen molar-refractivity contribution in [2.45, 2.75) is 0 Å². The molecular formula is C7H9FN2O5. The molecule has 1 aromatic rings. The summed E-state index contributed by atoms with van der Waals surface area (Å²) in [6.07, 6.45) is 0. The van der Waals surface area contributed by atoms with E-state index >= 15 is 0 Å². The summed E-state index contributed by atoms with van der Waals surface area (Å²) >= 11 is 0. The lowest BCUT2D eigenvalue weighted by atomic mass is 10.5. The Bertz CT molecular complexity index is 333. The highest BCUT2D eigenvalue weighted by Crippen LogP contribution is 2.23. The topological polar surface area (TPSA) is 102 Å². The number of aromatic hydroxyl groups is 1. The van der Waals surface area contributed by atoms with Crippen LogP contribution in [0.2, 0.25) is 0 Å². The minimum atomic E-state index is -1.00. The molecule has 0 amide bonds. The Morgan fingerprint density at radius 3 is 2.27 bits per heavy atom. The average molecular weight is 220 g/mol. The molecule has 0 atom stereocenters. The zero-order chi connectivity index (χ0) is 11.8. The second-order valence-corrected chi connectivity index (χ2v) is 1.96. The summed E-state index contributed by atoms with van der Waals surface area (Å²) < 4.78 is 21.8. The lowest BCUT2D eigenvalue weighted by Crippen LogP contribution is -1.98. The Hall–Kier alpha value is -2.12. The maximum Gasteiger partial charge on any atom is 0.322 e. The van der Waals surface area contributed by atoms with Gasteiger partial charge in [0.2, 0.25) is 5.82 Å². The summed E-state index contributed by atoms with van der Waals surface area (Å²) in [6, 6.07) is -0.147. The van der Waals surface area contributed by atoms with Crippen LogP contribution in [0.5, 0.6) is 17.8 Å². The third kappa shape index (κ3) is 3.63. The Kier molecular flexibility index (Phi) is 5.45. The Morgan fingerprint density at radius 1 is 1.33 bits per heavy atom. The van der Waals surface area contributed by atoms with Crippen molar-refractivity contribution in [2.75, 3.05) is 14.2 Å². The minimum Gasteiger partial charge on any atom is -0.491 e. The van der Waals surface area contributed by atoms with E-state index in [1.165, 1.54) is 14.2 Å². The van der Waals surface area contributed by atoms with Crippen LogP contribution in [0.3, 0.4) is 0 Å². The fourth-order valence-electron chi connectivity index (χ4n) is 0.623. The number of halogens is 1. The maximum atomic E-state index is 12.8. The monoisotopic (exact) mass is 220 g/mol. The first-order valence-corrected chi connectivity index (χ1v) is 3.53. The molecule has 0 saturated heterocycles. The van der Waals surface area contributed by atoms with Gasteiger partial charge in [-0.2, -0.15) is 14.4 Å². The highest BCUT2D eigenvalue weighted by molar-refractivity contribution is 5.32. The highest BCUT2D eigenvalue weighted by atomic mass is 19.1. The summed E-state index contributed by atoms with van der Waals surface area (Å²) in [5.41, 5.74) is 0. The van der Waals surface area contributed by atoms with Crippen LogP contribution in [-0.2, 0) is 4.79 Å². The van der Waals surface area contributed by atoms with Crippen LogP contribution in [0.15, 0.2) is 0 Å². The van der Waals surface area contributed by atoms with Crippen molar-refractivity contribution in [1.29, 1.82) is 0 Å². The summed E-state index contributed by atoms with van der Waals surface area (Å²) in [5, 5.41) is 15.7. The van der Waals surface area contributed by atoms with Gasteiger partial charge in [-0.15, -0.1) is 0 Å². The van der Waals surface area contributed by atoms with Gasteiger partial charge >= 0.3 is 6.01 Å². The maximum absolute atomic E-state index is 12.8. The van der Waals surface area contributed by atoms with Gasteiger partial charge in [0.05, 0.1) is 14.2 Å². The first-order valence-electron chi connectivity index (χ1n) is 3.53. The summed E-state index contributed by atoms with van der Waals surface area (Å²) in [4.78, 5) is 15.1. The van der Waals surface area contributed by atoms with Crippen molar-refractivity contribution in [2.24, 2.45) is 0 Å². The van der Waals surface area contributed by atoms with Crippen LogP contribution in [0.4, 0.5) is 4.39 Å². The third-order valence-electron chi connectivity index (χ3n) is 1.16. The number of aromatic nitrogens is 2. The molecule has 1 aromatic heterocycles. The standard InChI is InChI=1S/C6H7FN2O3.CH2O2/c1-11-5-3(7)4(10)8-6(9-5)12-2;2-1-3/h1-2H3,(H,8,9,10);1H,(H,2,3). The van der Waals surface area contributed by atoms with Crippen LogP contribution in [0.25, 0.3) is 0 Å². The van der Waals surface area contributed by atoms with Crippen molar-refractivity contribution in [1.82, 2.24) is 9.97 Å². The number of rotatable bonds is 2. The molecule has 0 spiro atoms. The summed E-state index contributed by atoms with van der Waals surface area (Å²) in [5.74, 6) is -2.14. The van der Waals surface area contributed by atoms with Crippen LogP contribution in [0, 0.1) is 5.82 Å². The molecule has 0 aliphatic carbocycles. The number of carbonyl (C=O) groups is 1. The van der Waals surface area contributed by atoms with E-state index in [1.807, 2.05) is 0 Å². The quantitative estimate of drug-likeness (QED) is 0.678. The number of ether oxygens (including phenoxy) is 2. The fourth-order valence-corrected chi connectivity index (χ4v) is 0.623. The molecule has 1 rings (SSSR count). The van der Waals surface area contributed by atoms with Gasteiger partial charge < -0.3 is 19.7 Å². The van der Waals surface area contributed by atoms with Crippen molar-refractivity contribution >= 4 is 6.47 Å². The second kappa shape index (κ2) is 6.35. The van der Waals surface area contributed by atoms with Crippen molar-refractivity contribution in [3.8, 4) is 17.8 Å². The number of methoxy groups -OCH3 is 2. The molecule has 0 saturated carbocycles. The summed E-state index contributed by atoms with van der Waals surface area (Å²) in [7, 11) is 2.52. The molecule has 84 valence electrons. The molecule has 0 aliphatic rings. The number of hydrogen-bond acceptors (Lipinski definition) is 6. The van der Waals surface area contributed by atoms with Crippen LogP contribution >= 0.6 is 0 Å². The van der Waals surface area contributed by atoms with Crippen molar-refractivity contribution < 1.29 is 28.9 Å². The van der Waals surface area contributed by atoms with E-state index in [1.54, 1.807) is 0 Å². The molecule has 0 bridgehead atoms. The van der Waals surface area contributed by atoms with Gasteiger partial charge in [0.25, 0.3) is 18.2 Å². The van der Waals surface area contributed by atoms with Crippen molar-refractivity contribution in [3.63, 3.8) is 0 Å². The first kappa shape index (κ1) is 12.9. The van der Waals surface area contributed by atoms with Gasteiger partial charge in [0.15, 0.2) is 0 Å². The summed E-state index contributed by atoms with van der Waals surface area (Å²) in [6.45, 7) is -0.250. The van der Waals surface area contributed by atoms with Gasteiger partial charge in [0.1, 0.15) is 0 Å². The first-order chi connectivity index (χ1) is 7.10. The molecule has 0 unspecified atom stereocenters.